The number of ether oxygens (including phenoxy) is 1. The number of aryl methyl sites for hydroxylation is 1. The molecule has 1 atom stereocenters. The molecule has 0 spiro atoms. The largest absolute Gasteiger partial charge is 0.465 e. The predicted molar refractivity (Wildman–Crippen MR) is 75.7 cm³/mol. The maximum Gasteiger partial charge on any atom is 0.323 e. The van der Waals surface area contributed by atoms with Gasteiger partial charge in [0.1, 0.15) is 11.8 Å². The summed E-state index contributed by atoms with van der Waals surface area (Å²) < 4.78 is 9.97. The van der Waals surface area contributed by atoms with Crippen LogP contribution in [0.4, 0.5) is 5.82 Å². The molecule has 0 radical (unpaired) electrons. The van der Waals surface area contributed by atoms with Crippen LogP contribution in [0.1, 0.15) is 31.9 Å². The van der Waals surface area contributed by atoms with Crippen molar-refractivity contribution in [3.63, 3.8) is 0 Å². The van der Waals surface area contributed by atoms with Crippen LogP contribution in [0.3, 0.4) is 0 Å². The number of hydrogen-bond acceptors (Lipinski definition) is 6. The number of nitrogens with one attached hydrogen (secondary N) is 1. The van der Waals surface area contributed by atoms with Crippen LogP contribution in [0.5, 0.6) is 0 Å². The van der Waals surface area contributed by atoms with Gasteiger partial charge in [0.25, 0.3) is 0 Å². The lowest BCUT2D eigenvalue weighted by Gasteiger charge is -2.33. The molecule has 1 aliphatic heterocycles. The minimum Gasteiger partial charge on any atom is -0.465 e. The third-order valence-electron chi connectivity index (χ3n) is 3.41. The molecule has 1 fully saturated rings. The Morgan fingerprint density at radius 2 is 2.33 bits per heavy atom. The van der Waals surface area contributed by atoms with E-state index >= 15 is 0 Å². The topological polar surface area (TPSA) is 84.7 Å². The van der Waals surface area contributed by atoms with Crippen LogP contribution in [0.15, 0.2) is 10.6 Å². The molecule has 7 nitrogen and oxygen atoms in total. The highest BCUT2D eigenvalue weighted by Crippen LogP contribution is 2.18. The first-order chi connectivity index (χ1) is 10.1. The second-order valence-corrected chi connectivity index (χ2v) is 5.11. The number of piperidine rings is 1. The van der Waals surface area contributed by atoms with Crippen molar-refractivity contribution >= 4 is 17.7 Å². The van der Waals surface area contributed by atoms with E-state index < -0.39 is 0 Å². The molecule has 1 aliphatic rings. The second kappa shape index (κ2) is 7.21. The smallest absolute Gasteiger partial charge is 0.323 e. The lowest BCUT2D eigenvalue weighted by atomic mass is 10.0. The Balaban J connectivity index is 1.92. The summed E-state index contributed by atoms with van der Waals surface area (Å²) in [5.41, 5.74) is 0. The van der Waals surface area contributed by atoms with Gasteiger partial charge in [-0.1, -0.05) is 11.6 Å². The van der Waals surface area contributed by atoms with E-state index in [-0.39, 0.29) is 24.5 Å². The summed E-state index contributed by atoms with van der Waals surface area (Å²) in [6, 6.07) is 1.32. The Hall–Kier alpha value is -1.89. The molecule has 0 saturated carbocycles. The number of nitrogens with zero attached hydrogens (tertiary/aromatic N) is 2. The lowest BCUT2D eigenvalue weighted by Crippen LogP contribution is -2.48. The first kappa shape index (κ1) is 15.5. The zero-order valence-electron chi connectivity index (χ0n) is 12.4. The van der Waals surface area contributed by atoms with Gasteiger partial charge in [-0.3, -0.25) is 14.5 Å². The molecular weight excluding hydrogens is 274 g/mol. The van der Waals surface area contributed by atoms with Gasteiger partial charge in [0.05, 0.1) is 13.2 Å². The zero-order valence-corrected chi connectivity index (χ0v) is 12.4. The fourth-order valence-electron chi connectivity index (χ4n) is 2.48. The normalized spacial score (nSPS) is 19.2. The molecule has 1 aromatic heterocycles. The number of carbonyl (C=O) groups is 2. The van der Waals surface area contributed by atoms with E-state index in [2.05, 4.69) is 10.5 Å². The molecule has 1 saturated heterocycles. The number of amides is 1. The SMILES string of the molecule is CCOC(=O)C1CCCCN1CC(=O)Nc1cc(C)on1. The van der Waals surface area contributed by atoms with Crippen molar-refractivity contribution in [1.82, 2.24) is 10.1 Å². The van der Waals surface area contributed by atoms with Crippen LogP contribution in [-0.4, -0.2) is 47.7 Å². The van der Waals surface area contributed by atoms with Crippen LogP contribution in [-0.2, 0) is 14.3 Å². The van der Waals surface area contributed by atoms with Gasteiger partial charge >= 0.3 is 5.97 Å². The van der Waals surface area contributed by atoms with Crippen LogP contribution in [0.25, 0.3) is 0 Å². The number of carbonyl (C=O) groups excluding carboxylic acids is 2. The Morgan fingerprint density at radius 3 is 3.00 bits per heavy atom. The summed E-state index contributed by atoms with van der Waals surface area (Å²) in [5.74, 6) is 0.566. The molecule has 0 aliphatic carbocycles. The Kier molecular flexibility index (Phi) is 5.32. The standard InChI is InChI=1S/C14H21N3O4/c1-3-20-14(19)11-6-4-5-7-17(11)9-13(18)15-12-8-10(2)21-16-12/h8,11H,3-7,9H2,1-2H3,(H,15,16,18). The first-order valence-corrected chi connectivity index (χ1v) is 7.24. The van der Waals surface area contributed by atoms with Gasteiger partial charge in [-0.05, 0) is 33.2 Å². The fraction of sp³-hybridized carbons (Fsp3) is 0.643. The third kappa shape index (κ3) is 4.29. The lowest BCUT2D eigenvalue weighted by molar-refractivity contribution is -0.151. The van der Waals surface area contributed by atoms with Crippen molar-refractivity contribution in [2.24, 2.45) is 0 Å². The number of aromatic nitrogens is 1. The predicted octanol–water partition coefficient (Wildman–Crippen LogP) is 1.34. The molecule has 0 bridgehead atoms. The Morgan fingerprint density at radius 1 is 1.52 bits per heavy atom. The minimum atomic E-state index is -0.330. The Bertz CT molecular complexity index is 500. The van der Waals surface area contributed by atoms with Crippen molar-refractivity contribution in [1.29, 1.82) is 0 Å². The van der Waals surface area contributed by atoms with E-state index in [1.54, 1.807) is 19.9 Å². The maximum atomic E-state index is 12.0. The number of rotatable bonds is 5. The number of hydrogen-bond donors (Lipinski definition) is 1. The zero-order chi connectivity index (χ0) is 15.2. The average Bonchev–Trinajstić information content (AvgIpc) is 2.84. The van der Waals surface area contributed by atoms with E-state index in [0.717, 1.165) is 25.8 Å². The molecule has 21 heavy (non-hydrogen) atoms. The molecule has 1 N–H and O–H groups in total. The van der Waals surface area contributed by atoms with E-state index in [1.807, 2.05) is 4.90 Å². The molecule has 7 heteroatoms. The van der Waals surface area contributed by atoms with Crippen LogP contribution >= 0.6 is 0 Å². The van der Waals surface area contributed by atoms with Crippen molar-refractivity contribution in [2.45, 2.75) is 39.2 Å². The number of likely N-dealkylation sites (tertiary alicyclic amines) is 1. The van der Waals surface area contributed by atoms with Crippen molar-refractivity contribution in [3.05, 3.63) is 11.8 Å². The summed E-state index contributed by atoms with van der Waals surface area (Å²) in [7, 11) is 0. The maximum absolute atomic E-state index is 12.0. The highest BCUT2D eigenvalue weighted by Gasteiger charge is 2.31. The third-order valence-corrected chi connectivity index (χ3v) is 3.41. The summed E-state index contributed by atoms with van der Waals surface area (Å²) in [6.07, 6.45) is 2.69. The van der Waals surface area contributed by atoms with Gasteiger partial charge < -0.3 is 14.6 Å². The van der Waals surface area contributed by atoms with Gasteiger partial charge in [0.15, 0.2) is 5.82 Å². The molecule has 1 unspecified atom stereocenters. The van der Waals surface area contributed by atoms with E-state index in [1.165, 1.54) is 0 Å². The van der Waals surface area contributed by atoms with Crippen molar-refractivity contribution in [2.75, 3.05) is 25.0 Å². The number of anilines is 1. The highest BCUT2D eigenvalue weighted by atomic mass is 16.5. The Labute approximate surface area is 123 Å². The van der Waals surface area contributed by atoms with E-state index in [9.17, 15) is 9.59 Å². The summed E-state index contributed by atoms with van der Waals surface area (Å²) in [5, 5.41) is 6.38. The quantitative estimate of drug-likeness (QED) is 0.825. The summed E-state index contributed by atoms with van der Waals surface area (Å²) >= 11 is 0. The number of esters is 1. The monoisotopic (exact) mass is 295 g/mol. The van der Waals surface area contributed by atoms with Gasteiger partial charge in [-0.15, -0.1) is 0 Å². The second-order valence-electron chi connectivity index (χ2n) is 5.11. The molecular formula is C14H21N3O4. The van der Waals surface area contributed by atoms with Crippen LogP contribution < -0.4 is 5.32 Å². The van der Waals surface area contributed by atoms with Crippen molar-refractivity contribution < 1.29 is 18.8 Å². The summed E-state index contributed by atoms with van der Waals surface area (Å²) in [4.78, 5) is 25.8. The molecule has 1 amide bonds. The minimum absolute atomic E-state index is 0.148. The first-order valence-electron chi connectivity index (χ1n) is 7.24. The molecule has 116 valence electrons. The van der Waals surface area contributed by atoms with E-state index in [4.69, 9.17) is 9.26 Å². The van der Waals surface area contributed by atoms with Gasteiger partial charge in [-0.2, -0.15) is 0 Å². The highest BCUT2D eigenvalue weighted by molar-refractivity contribution is 5.91. The van der Waals surface area contributed by atoms with Crippen LogP contribution in [0, 0.1) is 6.92 Å². The van der Waals surface area contributed by atoms with E-state index in [0.29, 0.717) is 18.2 Å². The fourth-order valence-corrected chi connectivity index (χ4v) is 2.48. The van der Waals surface area contributed by atoms with Gasteiger partial charge in [0.2, 0.25) is 5.91 Å². The van der Waals surface area contributed by atoms with Gasteiger partial charge in [0, 0.05) is 6.07 Å². The molecule has 1 aromatic rings. The van der Waals surface area contributed by atoms with Gasteiger partial charge in [-0.25, -0.2) is 0 Å². The molecule has 2 rings (SSSR count). The van der Waals surface area contributed by atoms with Crippen molar-refractivity contribution in [3.8, 4) is 0 Å². The average molecular weight is 295 g/mol. The molecule has 2 heterocycles. The summed E-state index contributed by atoms with van der Waals surface area (Å²) in [6.45, 7) is 4.76. The molecule has 0 aromatic carbocycles. The van der Waals surface area contributed by atoms with Crippen LogP contribution in [0.2, 0.25) is 0 Å².